The predicted octanol–water partition coefficient (Wildman–Crippen LogP) is 2.18. The largest absolute Gasteiger partial charge is 0.491 e. The van der Waals surface area contributed by atoms with Crippen LogP contribution in [0.1, 0.15) is 25.3 Å². The number of nitrogens with zero attached hydrogens (tertiary/aromatic N) is 1. The van der Waals surface area contributed by atoms with Crippen molar-refractivity contribution in [2.45, 2.75) is 26.3 Å². The molecule has 1 aromatic rings. The zero-order valence-corrected chi connectivity index (χ0v) is 13.6. The first kappa shape index (κ1) is 16.6. The van der Waals surface area contributed by atoms with Gasteiger partial charge in [0.15, 0.2) is 5.96 Å². The Morgan fingerprint density at radius 3 is 2.59 bits per heavy atom. The molecule has 0 amide bonds. The molecule has 1 aliphatic rings. The van der Waals surface area contributed by atoms with Crippen molar-refractivity contribution in [3.63, 3.8) is 0 Å². The highest BCUT2D eigenvalue weighted by Gasteiger charge is 2.20. The third kappa shape index (κ3) is 6.35. The Morgan fingerprint density at radius 1 is 1.18 bits per heavy atom. The highest BCUT2D eigenvalue weighted by molar-refractivity contribution is 5.79. The average Bonchev–Trinajstić information content (AvgIpc) is 3.36. The summed E-state index contributed by atoms with van der Waals surface area (Å²) in [6.45, 7) is 5.83. The van der Waals surface area contributed by atoms with Crippen molar-refractivity contribution >= 4 is 5.96 Å². The van der Waals surface area contributed by atoms with E-state index < -0.39 is 0 Å². The number of methoxy groups -OCH3 is 1. The van der Waals surface area contributed by atoms with Gasteiger partial charge >= 0.3 is 0 Å². The maximum absolute atomic E-state index is 5.55. The molecule has 2 N–H and O–H groups in total. The fourth-order valence-corrected chi connectivity index (χ4v) is 2.01. The number of hydrogen-bond acceptors (Lipinski definition) is 3. The van der Waals surface area contributed by atoms with Gasteiger partial charge < -0.3 is 20.1 Å². The van der Waals surface area contributed by atoms with Crippen LogP contribution < -0.4 is 15.4 Å². The Labute approximate surface area is 133 Å². The minimum atomic E-state index is 0.573. The van der Waals surface area contributed by atoms with Crippen molar-refractivity contribution in [3.05, 3.63) is 29.8 Å². The number of aliphatic imine (C=N–C) groups is 1. The van der Waals surface area contributed by atoms with Gasteiger partial charge in [-0.15, -0.1) is 0 Å². The van der Waals surface area contributed by atoms with Crippen LogP contribution in [0.3, 0.4) is 0 Å². The molecule has 1 aromatic carbocycles. The second kappa shape index (κ2) is 9.30. The van der Waals surface area contributed by atoms with E-state index >= 15 is 0 Å². The summed E-state index contributed by atoms with van der Waals surface area (Å²) in [5, 5.41) is 6.68. The lowest BCUT2D eigenvalue weighted by Gasteiger charge is -2.11. The van der Waals surface area contributed by atoms with Crippen molar-refractivity contribution in [1.82, 2.24) is 10.6 Å². The van der Waals surface area contributed by atoms with Crippen molar-refractivity contribution in [2.24, 2.45) is 10.9 Å². The van der Waals surface area contributed by atoms with E-state index in [1.807, 2.05) is 12.1 Å². The maximum atomic E-state index is 5.55. The predicted molar refractivity (Wildman–Crippen MR) is 89.4 cm³/mol. The Morgan fingerprint density at radius 2 is 1.95 bits per heavy atom. The highest BCUT2D eigenvalue weighted by atomic mass is 16.5. The van der Waals surface area contributed by atoms with Crippen molar-refractivity contribution in [2.75, 3.05) is 33.4 Å². The van der Waals surface area contributed by atoms with E-state index in [1.54, 1.807) is 7.11 Å². The van der Waals surface area contributed by atoms with Gasteiger partial charge in [-0.25, -0.2) is 4.99 Å². The number of guanidine groups is 1. The summed E-state index contributed by atoms with van der Waals surface area (Å²) < 4.78 is 10.5. The van der Waals surface area contributed by atoms with E-state index in [0.29, 0.717) is 19.8 Å². The smallest absolute Gasteiger partial charge is 0.191 e. The molecule has 0 atom stereocenters. The van der Waals surface area contributed by atoms with Crippen LogP contribution in [0.15, 0.2) is 29.3 Å². The van der Waals surface area contributed by atoms with Gasteiger partial charge in [0, 0.05) is 20.2 Å². The molecule has 22 heavy (non-hydrogen) atoms. The quantitative estimate of drug-likeness (QED) is 0.417. The molecule has 0 heterocycles. The van der Waals surface area contributed by atoms with Gasteiger partial charge in [0.05, 0.1) is 13.2 Å². The summed E-state index contributed by atoms with van der Waals surface area (Å²) in [6.07, 6.45) is 2.69. The number of nitrogens with one attached hydrogen (secondary N) is 2. The molecule has 5 nitrogen and oxygen atoms in total. The third-order valence-electron chi connectivity index (χ3n) is 3.50. The first-order chi connectivity index (χ1) is 10.8. The van der Waals surface area contributed by atoms with Crippen LogP contribution in [0.2, 0.25) is 0 Å². The second-order valence-corrected chi connectivity index (χ2v) is 5.50. The molecule has 0 aromatic heterocycles. The molecule has 0 aliphatic heterocycles. The van der Waals surface area contributed by atoms with Crippen LogP contribution >= 0.6 is 0 Å². The Balaban J connectivity index is 1.80. The SMILES string of the molecule is CCNC(=NCc1ccc(OCCOC)cc1)NCC1CC1. The number of benzene rings is 1. The second-order valence-electron chi connectivity index (χ2n) is 5.50. The van der Waals surface area contributed by atoms with Crippen LogP contribution in [0.25, 0.3) is 0 Å². The van der Waals surface area contributed by atoms with Crippen LogP contribution in [-0.2, 0) is 11.3 Å². The van der Waals surface area contributed by atoms with Crippen molar-refractivity contribution in [1.29, 1.82) is 0 Å². The summed E-state index contributed by atoms with van der Waals surface area (Å²) in [5.41, 5.74) is 1.17. The highest BCUT2D eigenvalue weighted by Crippen LogP contribution is 2.27. The molecule has 2 rings (SSSR count). The standard InChI is InChI=1S/C17H27N3O2/c1-3-18-17(19-12-14-4-5-14)20-13-15-6-8-16(9-7-15)22-11-10-21-2/h6-9,14H,3-5,10-13H2,1-2H3,(H2,18,19,20). The van der Waals surface area contributed by atoms with Crippen LogP contribution in [-0.4, -0.2) is 39.4 Å². The summed E-state index contributed by atoms with van der Waals surface area (Å²) >= 11 is 0. The van der Waals surface area contributed by atoms with E-state index in [1.165, 1.54) is 18.4 Å². The molecular weight excluding hydrogens is 278 g/mol. The van der Waals surface area contributed by atoms with Gasteiger partial charge in [0.2, 0.25) is 0 Å². The van der Waals surface area contributed by atoms with Gasteiger partial charge in [-0.1, -0.05) is 12.1 Å². The van der Waals surface area contributed by atoms with Crippen LogP contribution in [0.5, 0.6) is 5.75 Å². The van der Waals surface area contributed by atoms with Crippen molar-refractivity contribution in [3.8, 4) is 5.75 Å². The third-order valence-corrected chi connectivity index (χ3v) is 3.50. The fourth-order valence-electron chi connectivity index (χ4n) is 2.01. The lowest BCUT2D eigenvalue weighted by atomic mass is 10.2. The summed E-state index contributed by atoms with van der Waals surface area (Å²) in [5.74, 6) is 2.60. The van der Waals surface area contributed by atoms with E-state index in [9.17, 15) is 0 Å². The minimum Gasteiger partial charge on any atom is -0.491 e. The Bertz CT molecular complexity index is 455. The van der Waals surface area contributed by atoms with Gasteiger partial charge in [-0.05, 0) is 43.4 Å². The average molecular weight is 305 g/mol. The maximum Gasteiger partial charge on any atom is 0.191 e. The molecule has 0 radical (unpaired) electrons. The molecule has 1 aliphatic carbocycles. The van der Waals surface area contributed by atoms with Gasteiger partial charge in [-0.3, -0.25) is 0 Å². The fraction of sp³-hybridized carbons (Fsp3) is 0.588. The topological polar surface area (TPSA) is 54.9 Å². The lowest BCUT2D eigenvalue weighted by Crippen LogP contribution is -2.38. The minimum absolute atomic E-state index is 0.573. The Hall–Kier alpha value is -1.75. The van der Waals surface area contributed by atoms with E-state index in [0.717, 1.165) is 30.7 Å². The summed E-state index contributed by atoms with van der Waals surface area (Å²) in [4.78, 5) is 4.62. The number of hydrogen-bond donors (Lipinski definition) is 2. The molecule has 0 spiro atoms. The van der Waals surface area contributed by atoms with E-state index in [-0.39, 0.29) is 0 Å². The molecular formula is C17H27N3O2. The first-order valence-corrected chi connectivity index (χ1v) is 8.04. The molecule has 0 saturated heterocycles. The molecule has 1 saturated carbocycles. The van der Waals surface area contributed by atoms with Crippen LogP contribution in [0, 0.1) is 5.92 Å². The van der Waals surface area contributed by atoms with Gasteiger partial charge in [0.1, 0.15) is 12.4 Å². The molecule has 0 bridgehead atoms. The van der Waals surface area contributed by atoms with E-state index in [2.05, 4.69) is 34.7 Å². The van der Waals surface area contributed by atoms with Gasteiger partial charge in [-0.2, -0.15) is 0 Å². The zero-order chi connectivity index (χ0) is 15.6. The number of ether oxygens (including phenoxy) is 2. The normalized spacial score (nSPS) is 14.7. The first-order valence-electron chi connectivity index (χ1n) is 8.04. The zero-order valence-electron chi connectivity index (χ0n) is 13.6. The molecule has 5 heteroatoms. The monoisotopic (exact) mass is 305 g/mol. The van der Waals surface area contributed by atoms with Gasteiger partial charge in [0.25, 0.3) is 0 Å². The molecule has 0 unspecified atom stereocenters. The lowest BCUT2D eigenvalue weighted by molar-refractivity contribution is 0.146. The van der Waals surface area contributed by atoms with Crippen molar-refractivity contribution < 1.29 is 9.47 Å². The molecule has 122 valence electrons. The Kier molecular flexibility index (Phi) is 7.03. The number of rotatable bonds is 9. The van der Waals surface area contributed by atoms with Crippen LogP contribution in [0.4, 0.5) is 0 Å². The van der Waals surface area contributed by atoms with E-state index in [4.69, 9.17) is 9.47 Å². The summed E-state index contributed by atoms with van der Waals surface area (Å²) in [6, 6.07) is 8.06. The summed E-state index contributed by atoms with van der Waals surface area (Å²) in [7, 11) is 1.67. The molecule has 1 fully saturated rings.